The summed E-state index contributed by atoms with van der Waals surface area (Å²) in [6, 6.07) is 0.704. The van der Waals surface area contributed by atoms with E-state index in [9.17, 15) is 0 Å². The molecule has 1 saturated heterocycles. The molecule has 3 nitrogen and oxygen atoms in total. The molecule has 0 bridgehead atoms. The lowest BCUT2D eigenvalue weighted by atomic mass is 9.97. The molecule has 1 saturated carbocycles. The molecule has 0 amide bonds. The van der Waals surface area contributed by atoms with Crippen LogP contribution in [0.1, 0.15) is 26.7 Å². The third-order valence-electron chi connectivity index (χ3n) is 4.39. The van der Waals surface area contributed by atoms with Crippen molar-refractivity contribution < 1.29 is 0 Å². The Labute approximate surface area is 100.0 Å². The Bertz CT molecular complexity index is 246. The Morgan fingerprint density at radius 3 is 2.38 bits per heavy atom. The Kier molecular flexibility index (Phi) is 3.30. The lowest BCUT2D eigenvalue weighted by Gasteiger charge is -2.30. The monoisotopic (exact) mass is 225 g/mol. The van der Waals surface area contributed by atoms with Gasteiger partial charge in [0.15, 0.2) is 0 Å². The molecule has 1 aliphatic heterocycles. The molecular formula is C13H27N3. The zero-order valence-electron chi connectivity index (χ0n) is 11.2. The summed E-state index contributed by atoms with van der Waals surface area (Å²) in [6.07, 6.45) is 2.68. The van der Waals surface area contributed by atoms with E-state index in [1.54, 1.807) is 0 Å². The average Bonchev–Trinajstić information content (AvgIpc) is 2.91. The lowest BCUT2D eigenvalue weighted by molar-refractivity contribution is 0.216. The van der Waals surface area contributed by atoms with Crippen LogP contribution < -0.4 is 5.73 Å². The highest BCUT2D eigenvalue weighted by Gasteiger charge is 2.41. The highest BCUT2D eigenvalue weighted by molar-refractivity contribution is 4.99. The van der Waals surface area contributed by atoms with Gasteiger partial charge >= 0.3 is 0 Å². The van der Waals surface area contributed by atoms with Crippen LogP contribution in [0.5, 0.6) is 0 Å². The van der Waals surface area contributed by atoms with Crippen molar-refractivity contribution in [2.75, 3.05) is 33.7 Å². The summed E-state index contributed by atoms with van der Waals surface area (Å²) < 4.78 is 0. The first kappa shape index (κ1) is 12.3. The summed E-state index contributed by atoms with van der Waals surface area (Å²) in [5.74, 6) is 1.55. The van der Waals surface area contributed by atoms with Crippen molar-refractivity contribution in [3.05, 3.63) is 0 Å². The van der Waals surface area contributed by atoms with Crippen molar-refractivity contribution >= 4 is 0 Å². The van der Waals surface area contributed by atoms with Crippen LogP contribution in [-0.2, 0) is 0 Å². The highest BCUT2D eigenvalue weighted by Crippen LogP contribution is 2.39. The molecule has 94 valence electrons. The zero-order chi connectivity index (χ0) is 11.9. The standard InChI is InChI=1S/C13H27N3/c1-10-7-16(8-12(10)15(3)4)9-13(2,14)11-5-6-11/h10-12H,5-9,14H2,1-4H3. The summed E-state index contributed by atoms with van der Waals surface area (Å²) >= 11 is 0. The molecule has 0 aromatic rings. The minimum atomic E-state index is 0.0426. The molecule has 2 fully saturated rings. The molecule has 16 heavy (non-hydrogen) atoms. The minimum absolute atomic E-state index is 0.0426. The number of rotatable bonds is 4. The van der Waals surface area contributed by atoms with E-state index < -0.39 is 0 Å². The van der Waals surface area contributed by atoms with Crippen molar-refractivity contribution in [3.63, 3.8) is 0 Å². The first-order chi connectivity index (χ1) is 7.40. The van der Waals surface area contributed by atoms with Gasteiger partial charge in [-0.15, -0.1) is 0 Å². The van der Waals surface area contributed by atoms with E-state index in [1.807, 2.05) is 0 Å². The Morgan fingerprint density at radius 2 is 1.94 bits per heavy atom. The SMILES string of the molecule is CC1CN(CC(C)(N)C2CC2)CC1N(C)C. The van der Waals surface area contributed by atoms with Gasteiger partial charge in [-0.1, -0.05) is 6.92 Å². The second-order valence-corrected chi connectivity index (χ2v) is 6.48. The van der Waals surface area contributed by atoms with E-state index in [-0.39, 0.29) is 5.54 Å². The summed E-state index contributed by atoms with van der Waals surface area (Å²) in [5.41, 5.74) is 6.46. The molecule has 3 atom stereocenters. The van der Waals surface area contributed by atoms with E-state index >= 15 is 0 Å². The summed E-state index contributed by atoms with van der Waals surface area (Å²) in [7, 11) is 4.38. The first-order valence-electron chi connectivity index (χ1n) is 6.58. The Balaban J connectivity index is 1.88. The highest BCUT2D eigenvalue weighted by atomic mass is 15.2. The van der Waals surface area contributed by atoms with Gasteiger partial charge in [0.2, 0.25) is 0 Å². The zero-order valence-corrected chi connectivity index (χ0v) is 11.2. The molecule has 2 N–H and O–H groups in total. The van der Waals surface area contributed by atoms with Crippen LogP contribution in [0.2, 0.25) is 0 Å². The molecule has 2 rings (SSSR count). The van der Waals surface area contributed by atoms with Gasteiger partial charge in [0.1, 0.15) is 0 Å². The fraction of sp³-hybridized carbons (Fsp3) is 1.00. The summed E-state index contributed by atoms with van der Waals surface area (Å²) in [5, 5.41) is 0. The molecule has 3 heteroatoms. The molecule has 2 aliphatic rings. The number of hydrogen-bond donors (Lipinski definition) is 1. The van der Waals surface area contributed by atoms with Crippen molar-refractivity contribution in [3.8, 4) is 0 Å². The van der Waals surface area contributed by atoms with Gasteiger partial charge in [0.25, 0.3) is 0 Å². The van der Waals surface area contributed by atoms with Crippen molar-refractivity contribution in [2.45, 2.75) is 38.3 Å². The predicted octanol–water partition coefficient (Wildman–Crippen LogP) is 0.996. The van der Waals surface area contributed by atoms with Crippen LogP contribution in [0.15, 0.2) is 0 Å². The Morgan fingerprint density at radius 1 is 1.31 bits per heavy atom. The van der Waals surface area contributed by atoms with Gasteiger partial charge in [0, 0.05) is 31.2 Å². The smallest absolute Gasteiger partial charge is 0.0283 e. The maximum absolute atomic E-state index is 6.41. The number of nitrogens with two attached hydrogens (primary N) is 1. The lowest BCUT2D eigenvalue weighted by Crippen LogP contribution is -2.49. The average molecular weight is 225 g/mol. The Hall–Kier alpha value is -0.120. The largest absolute Gasteiger partial charge is 0.324 e. The molecule has 0 spiro atoms. The van der Waals surface area contributed by atoms with Crippen LogP contribution in [0.25, 0.3) is 0 Å². The van der Waals surface area contributed by atoms with Gasteiger partial charge in [-0.3, -0.25) is 4.90 Å². The van der Waals surface area contributed by atoms with E-state index in [0.29, 0.717) is 6.04 Å². The van der Waals surface area contributed by atoms with Crippen molar-refractivity contribution in [1.82, 2.24) is 9.80 Å². The number of hydrogen-bond acceptors (Lipinski definition) is 3. The van der Waals surface area contributed by atoms with Gasteiger partial charge < -0.3 is 10.6 Å². The second kappa shape index (κ2) is 4.28. The van der Waals surface area contributed by atoms with Crippen LogP contribution >= 0.6 is 0 Å². The van der Waals surface area contributed by atoms with Crippen molar-refractivity contribution in [2.24, 2.45) is 17.6 Å². The van der Waals surface area contributed by atoms with Gasteiger partial charge in [-0.25, -0.2) is 0 Å². The molecule has 0 aromatic heterocycles. The fourth-order valence-corrected chi connectivity index (χ4v) is 3.20. The van der Waals surface area contributed by atoms with Crippen LogP contribution in [0.3, 0.4) is 0 Å². The number of likely N-dealkylation sites (N-methyl/N-ethyl adjacent to an activating group) is 1. The van der Waals surface area contributed by atoms with Gasteiger partial charge in [0.05, 0.1) is 0 Å². The van der Waals surface area contributed by atoms with Gasteiger partial charge in [-0.2, -0.15) is 0 Å². The summed E-state index contributed by atoms with van der Waals surface area (Å²) in [4.78, 5) is 4.92. The fourth-order valence-electron chi connectivity index (χ4n) is 3.20. The third kappa shape index (κ3) is 2.58. The van der Waals surface area contributed by atoms with Gasteiger partial charge in [-0.05, 0) is 45.7 Å². The molecule has 0 aromatic carbocycles. The quantitative estimate of drug-likeness (QED) is 0.774. The predicted molar refractivity (Wildman–Crippen MR) is 68.4 cm³/mol. The van der Waals surface area contributed by atoms with E-state index in [1.165, 1.54) is 25.9 Å². The summed E-state index contributed by atoms with van der Waals surface area (Å²) in [6.45, 7) is 8.07. The topological polar surface area (TPSA) is 32.5 Å². The second-order valence-electron chi connectivity index (χ2n) is 6.48. The normalized spacial score (nSPS) is 35.6. The van der Waals surface area contributed by atoms with Crippen LogP contribution in [-0.4, -0.2) is 55.1 Å². The number of likely N-dealkylation sites (tertiary alicyclic amines) is 1. The van der Waals surface area contributed by atoms with E-state index in [4.69, 9.17) is 5.73 Å². The van der Waals surface area contributed by atoms with E-state index in [0.717, 1.165) is 18.4 Å². The minimum Gasteiger partial charge on any atom is -0.324 e. The first-order valence-corrected chi connectivity index (χ1v) is 6.58. The molecule has 1 heterocycles. The molecule has 1 aliphatic carbocycles. The maximum atomic E-state index is 6.41. The number of nitrogens with zero attached hydrogens (tertiary/aromatic N) is 2. The third-order valence-corrected chi connectivity index (χ3v) is 4.39. The maximum Gasteiger partial charge on any atom is 0.0283 e. The van der Waals surface area contributed by atoms with Crippen molar-refractivity contribution in [1.29, 1.82) is 0 Å². The van der Waals surface area contributed by atoms with Crippen LogP contribution in [0, 0.1) is 11.8 Å². The molecular weight excluding hydrogens is 198 g/mol. The van der Waals surface area contributed by atoms with E-state index in [2.05, 4.69) is 37.7 Å². The van der Waals surface area contributed by atoms with Crippen LogP contribution in [0.4, 0.5) is 0 Å². The molecule has 0 radical (unpaired) electrons. The molecule has 3 unspecified atom stereocenters.